The van der Waals surface area contributed by atoms with Crippen LogP contribution in [0, 0.1) is 0 Å². The number of carbonyl (C=O) groups is 1. The zero-order valence-corrected chi connectivity index (χ0v) is 7.17. The van der Waals surface area contributed by atoms with E-state index in [0.717, 1.165) is 12.8 Å². The molecule has 0 fully saturated rings. The van der Waals surface area contributed by atoms with Crippen LogP contribution in [0.2, 0.25) is 0 Å². The van der Waals surface area contributed by atoms with Crippen LogP contribution in [-0.2, 0) is 0 Å². The quantitative estimate of drug-likeness (QED) is 0.696. The lowest BCUT2D eigenvalue weighted by Gasteiger charge is -2.18. The molecular formula is C7H11NO2S. The summed E-state index contributed by atoms with van der Waals surface area (Å²) in [6, 6.07) is 0. The molecule has 4 heteroatoms. The molecule has 0 aromatic carbocycles. The van der Waals surface area contributed by atoms with Crippen LogP contribution in [0.1, 0.15) is 19.8 Å². The largest absolute Gasteiger partial charge is 0.465 e. The second-order valence-corrected chi connectivity index (χ2v) is 3.44. The number of rotatable bonds is 2. The lowest BCUT2D eigenvalue weighted by molar-refractivity contribution is 0.159. The Morgan fingerprint density at radius 1 is 1.82 bits per heavy atom. The topological polar surface area (TPSA) is 40.5 Å². The van der Waals surface area contributed by atoms with E-state index >= 15 is 0 Å². The van der Waals surface area contributed by atoms with Crippen LogP contribution in [-0.4, -0.2) is 21.5 Å². The van der Waals surface area contributed by atoms with Gasteiger partial charge in [0.25, 0.3) is 0 Å². The van der Waals surface area contributed by atoms with E-state index < -0.39 is 6.09 Å². The lowest BCUT2D eigenvalue weighted by Crippen LogP contribution is -2.29. The first-order valence-corrected chi connectivity index (χ1v) is 4.53. The van der Waals surface area contributed by atoms with Crippen molar-refractivity contribution < 1.29 is 9.90 Å². The van der Waals surface area contributed by atoms with Crippen LogP contribution in [0.25, 0.3) is 0 Å². The fraction of sp³-hybridized carbons (Fsp3) is 0.571. The zero-order valence-electron chi connectivity index (χ0n) is 6.36. The number of hydrogen-bond acceptors (Lipinski definition) is 2. The minimum atomic E-state index is -0.857. The van der Waals surface area contributed by atoms with Gasteiger partial charge in [-0.2, -0.15) is 0 Å². The summed E-state index contributed by atoms with van der Waals surface area (Å²) in [5.74, 6) is 0. The molecule has 1 rings (SSSR count). The van der Waals surface area contributed by atoms with Gasteiger partial charge in [-0.15, -0.1) is 11.8 Å². The molecule has 3 nitrogen and oxygen atoms in total. The van der Waals surface area contributed by atoms with E-state index in [1.54, 1.807) is 18.0 Å². The third-order valence-electron chi connectivity index (χ3n) is 1.52. The number of hydrogen-bond donors (Lipinski definition) is 1. The molecule has 1 aliphatic heterocycles. The highest BCUT2D eigenvalue weighted by atomic mass is 32.2. The molecule has 0 aromatic rings. The molecule has 1 N–H and O–H groups in total. The fourth-order valence-corrected chi connectivity index (χ4v) is 2.04. The van der Waals surface area contributed by atoms with E-state index in [4.69, 9.17) is 5.11 Å². The molecule has 1 heterocycles. The SMILES string of the molecule is CCCC1SC=CN1C(=O)O. The standard InChI is InChI=1S/C7H11NO2S/c1-2-3-6-8(7(9)10)4-5-11-6/h4-6H,2-3H2,1H3,(H,9,10). The molecule has 1 unspecified atom stereocenters. The Morgan fingerprint density at radius 2 is 2.55 bits per heavy atom. The molecule has 0 aromatic heterocycles. The van der Waals surface area contributed by atoms with E-state index in [9.17, 15) is 4.79 Å². The van der Waals surface area contributed by atoms with E-state index in [1.165, 1.54) is 4.90 Å². The minimum absolute atomic E-state index is 0.109. The molecule has 0 aliphatic carbocycles. The summed E-state index contributed by atoms with van der Waals surface area (Å²) in [6.07, 6.45) is 2.70. The van der Waals surface area contributed by atoms with Gasteiger partial charge in [0.2, 0.25) is 0 Å². The van der Waals surface area contributed by atoms with Crippen LogP contribution >= 0.6 is 11.8 Å². The Balaban J connectivity index is 2.49. The number of nitrogens with zero attached hydrogens (tertiary/aromatic N) is 1. The van der Waals surface area contributed by atoms with Crippen LogP contribution in [0.3, 0.4) is 0 Å². The van der Waals surface area contributed by atoms with Crippen molar-refractivity contribution in [2.45, 2.75) is 25.1 Å². The van der Waals surface area contributed by atoms with Crippen molar-refractivity contribution in [3.05, 3.63) is 11.6 Å². The number of amides is 1. The van der Waals surface area contributed by atoms with Gasteiger partial charge in [-0.25, -0.2) is 4.79 Å². The Hall–Kier alpha value is -0.640. The maximum atomic E-state index is 10.5. The highest BCUT2D eigenvalue weighted by Crippen LogP contribution is 2.28. The molecule has 11 heavy (non-hydrogen) atoms. The summed E-state index contributed by atoms with van der Waals surface area (Å²) in [4.78, 5) is 11.9. The minimum Gasteiger partial charge on any atom is -0.465 e. The molecule has 1 amide bonds. The number of carboxylic acid groups (broad SMARTS) is 1. The van der Waals surface area contributed by atoms with Crippen molar-refractivity contribution in [3.63, 3.8) is 0 Å². The molecule has 62 valence electrons. The lowest BCUT2D eigenvalue weighted by atomic mass is 10.3. The average molecular weight is 173 g/mol. The van der Waals surface area contributed by atoms with Crippen molar-refractivity contribution in [1.29, 1.82) is 0 Å². The summed E-state index contributed by atoms with van der Waals surface area (Å²) in [7, 11) is 0. The smallest absolute Gasteiger partial charge is 0.412 e. The van der Waals surface area contributed by atoms with Gasteiger partial charge in [0.15, 0.2) is 0 Å². The molecule has 0 radical (unpaired) electrons. The normalized spacial score (nSPS) is 22.6. The summed E-state index contributed by atoms with van der Waals surface area (Å²) in [5, 5.41) is 10.6. The summed E-state index contributed by atoms with van der Waals surface area (Å²) >= 11 is 1.57. The van der Waals surface area contributed by atoms with Crippen molar-refractivity contribution >= 4 is 17.9 Å². The van der Waals surface area contributed by atoms with E-state index in [0.29, 0.717) is 0 Å². The van der Waals surface area contributed by atoms with E-state index in [-0.39, 0.29) is 5.37 Å². The van der Waals surface area contributed by atoms with Crippen LogP contribution < -0.4 is 0 Å². The molecule has 1 aliphatic rings. The predicted octanol–water partition coefficient (Wildman–Crippen LogP) is 2.31. The zero-order chi connectivity index (χ0) is 8.27. The highest BCUT2D eigenvalue weighted by Gasteiger charge is 2.23. The van der Waals surface area contributed by atoms with Gasteiger partial charge in [-0.05, 0) is 11.8 Å². The van der Waals surface area contributed by atoms with Gasteiger partial charge in [0, 0.05) is 6.20 Å². The third-order valence-corrected chi connectivity index (χ3v) is 2.58. The number of thioether (sulfide) groups is 1. The molecule has 0 saturated carbocycles. The first-order valence-electron chi connectivity index (χ1n) is 3.59. The highest BCUT2D eigenvalue weighted by molar-refractivity contribution is 8.02. The molecule has 1 atom stereocenters. The molecule has 0 bridgehead atoms. The van der Waals surface area contributed by atoms with Crippen molar-refractivity contribution in [2.24, 2.45) is 0 Å². The third kappa shape index (κ3) is 1.89. The van der Waals surface area contributed by atoms with Gasteiger partial charge in [-0.1, -0.05) is 13.3 Å². The van der Waals surface area contributed by atoms with Gasteiger partial charge in [0.1, 0.15) is 0 Å². The Labute approximate surface area is 70.1 Å². The second-order valence-electron chi connectivity index (χ2n) is 2.35. The first-order chi connectivity index (χ1) is 5.25. The van der Waals surface area contributed by atoms with Gasteiger partial charge < -0.3 is 5.11 Å². The fourth-order valence-electron chi connectivity index (χ4n) is 0.994. The predicted molar refractivity (Wildman–Crippen MR) is 45.3 cm³/mol. The van der Waals surface area contributed by atoms with E-state index in [2.05, 4.69) is 6.92 Å². The maximum Gasteiger partial charge on any atom is 0.412 e. The summed E-state index contributed by atoms with van der Waals surface area (Å²) < 4.78 is 0. The summed E-state index contributed by atoms with van der Waals surface area (Å²) in [6.45, 7) is 2.05. The Morgan fingerprint density at radius 3 is 3.09 bits per heavy atom. The van der Waals surface area contributed by atoms with Gasteiger partial charge >= 0.3 is 6.09 Å². The average Bonchev–Trinajstić information content (AvgIpc) is 2.36. The monoisotopic (exact) mass is 173 g/mol. The first kappa shape index (κ1) is 8.46. The van der Waals surface area contributed by atoms with Gasteiger partial charge in [-0.3, -0.25) is 4.90 Å². The van der Waals surface area contributed by atoms with Crippen LogP contribution in [0.15, 0.2) is 11.6 Å². The van der Waals surface area contributed by atoms with Gasteiger partial charge in [0.05, 0.1) is 5.37 Å². The van der Waals surface area contributed by atoms with Crippen molar-refractivity contribution in [3.8, 4) is 0 Å². The van der Waals surface area contributed by atoms with Crippen molar-refractivity contribution in [2.75, 3.05) is 0 Å². The molecule has 0 spiro atoms. The Kier molecular flexibility index (Phi) is 2.82. The Bertz CT molecular complexity index is 181. The van der Waals surface area contributed by atoms with Crippen molar-refractivity contribution in [1.82, 2.24) is 4.90 Å². The molecule has 0 saturated heterocycles. The molecular weight excluding hydrogens is 162 g/mol. The van der Waals surface area contributed by atoms with E-state index in [1.807, 2.05) is 5.41 Å². The van der Waals surface area contributed by atoms with Crippen LogP contribution in [0.4, 0.5) is 4.79 Å². The second kappa shape index (κ2) is 3.67. The summed E-state index contributed by atoms with van der Waals surface area (Å²) in [5.41, 5.74) is 0. The maximum absolute atomic E-state index is 10.5. The van der Waals surface area contributed by atoms with Crippen LogP contribution in [0.5, 0.6) is 0 Å².